The smallest absolute Gasteiger partial charge is 0.129 e. The van der Waals surface area contributed by atoms with Crippen molar-refractivity contribution in [2.24, 2.45) is 5.92 Å². The maximum atomic E-state index is 6.17. The van der Waals surface area contributed by atoms with Crippen molar-refractivity contribution in [2.45, 2.75) is 38.4 Å². The van der Waals surface area contributed by atoms with Crippen molar-refractivity contribution in [3.63, 3.8) is 0 Å². The molecular weight excluding hydrogens is 228 g/mol. The largest absolute Gasteiger partial charge is 0.497 e. The Morgan fingerprint density at radius 1 is 1.33 bits per heavy atom. The lowest BCUT2D eigenvalue weighted by Crippen LogP contribution is -2.47. The van der Waals surface area contributed by atoms with Crippen molar-refractivity contribution < 1.29 is 14.2 Å². The van der Waals surface area contributed by atoms with Crippen LogP contribution in [-0.2, 0) is 4.74 Å². The normalized spacial score (nSPS) is 28.8. The number of fused-ring (bicyclic) bond motifs is 3. The van der Waals surface area contributed by atoms with E-state index in [1.807, 2.05) is 12.1 Å². The Morgan fingerprint density at radius 2 is 2.17 bits per heavy atom. The minimum atomic E-state index is -0.176. The highest BCUT2D eigenvalue weighted by Crippen LogP contribution is 2.49. The minimum absolute atomic E-state index is 0.170. The zero-order chi connectivity index (χ0) is 12.8. The highest BCUT2D eigenvalue weighted by Gasteiger charge is 2.45. The van der Waals surface area contributed by atoms with E-state index in [0.717, 1.165) is 24.5 Å². The van der Waals surface area contributed by atoms with Crippen molar-refractivity contribution >= 4 is 0 Å². The fraction of sp³-hybridized carbons (Fsp3) is 0.600. The molecule has 0 aliphatic carbocycles. The van der Waals surface area contributed by atoms with Gasteiger partial charge in [0, 0.05) is 24.2 Å². The summed E-state index contributed by atoms with van der Waals surface area (Å²) in [6.45, 7) is 5.16. The Balaban J connectivity index is 2.05. The van der Waals surface area contributed by atoms with Gasteiger partial charge in [-0.05, 0) is 38.8 Å². The molecule has 98 valence electrons. The second kappa shape index (κ2) is 4.16. The first kappa shape index (κ1) is 11.8. The van der Waals surface area contributed by atoms with Gasteiger partial charge >= 0.3 is 0 Å². The van der Waals surface area contributed by atoms with Crippen LogP contribution in [0.25, 0.3) is 0 Å². The summed E-state index contributed by atoms with van der Waals surface area (Å²) in [4.78, 5) is 0. The molecule has 0 amide bonds. The van der Waals surface area contributed by atoms with E-state index >= 15 is 0 Å². The first-order chi connectivity index (χ1) is 8.62. The SMILES string of the molecule is COc1ccc2c(c1)OC(C)(C)[C@H]1CCCO[C@H]21. The Kier molecular flexibility index (Phi) is 2.74. The van der Waals surface area contributed by atoms with E-state index in [4.69, 9.17) is 14.2 Å². The highest BCUT2D eigenvalue weighted by atomic mass is 16.5. The van der Waals surface area contributed by atoms with Crippen LogP contribution in [0.15, 0.2) is 18.2 Å². The fourth-order valence-electron chi connectivity index (χ4n) is 3.12. The number of hydrogen-bond acceptors (Lipinski definition) is 3. The van der Waals surface area contributed by atoms with E-state index in [1.54, 1.807) is 7.11 Å². The summed E-state index contributed by atoms with van der Waals surface area (Å²) in [5.74, 6) is 2.17. The van der Waals surface area contributed by atoms with Crippen molar-refractivity contribution in [3.05, 3.63) is 23.8 Å². The van der Waals surface area contributed by atoms with Gasteiger partial charge in [-0.2, -0.15) is 0 Å². The molecule has 0 unspecified atom stereocenters. The maximum Gasteiger partial charge on any atom is 0.129 e. The minimum Gasteiger partial charge on any atom is -0.497 e. The molecule has 2 aliphatic heterocycles. The van der Waals surface area contributed by atoms with Gasteiger partial charge in [0.05, 0.1) is 13.2 Å². The highest BCUT2D eigenvalue weighted by molar-refractivity contribution is 5.44. The summed E-state index contributed by atoms with van der Waals surface area (Å²) in [6, 6.07) is 6.02. The van der Waals surface area contributed by atoms with E-state index in [9.17, 15) is 0 Å². The van der Waals surface area contributed by atoms with Crippen LogP contribution >= 0.6 is 0 Å². The zero-order valence-corrected chi connectivity index (χ0v) is 11.2. The van der Waals surface area contributed by atoms with Gasteiger partial charge in [-0.3, -0.25) is 0 Å². The van der Waals surface area contributed by atoms with Gasteiger partial charge in [0.1, 0.15) is 17.1 Å². The summed E-state index contributed by atoms with van der Waals surface area (Å²) in [5.41, 5.74) is 0.990. The van der Waals surface area contributed by atoms with E-state index < -0.39 is 0 Å². The molecule has 0 spiro atoms. The van der Waals surface area contributed by atoms with Crippen LogP contribution in [0.2, 0.25) is 0 Å². The number of ether oxygens (including phenoxy) is 3. The van der Waals surface area contributed by atoms with Gasteiger partial charge in [0.25, 0.3) is 0 Å². The lowest BCUT2D eigenvalue weighted by molar-refractivity contribution is -0.116. The lowest BCUT2D eigenvalue weighted by atomic mass is 9.76. The molecule has 3 rings (SSSR count). The molecule has 1 saturated heterocycles. The van der Waals surface area contributed by atoms with Crippen molar-refractivity contribution in [1.82, 2.24) is 0 Å². The second-order valence-electron chi connectivity index (χ2n) is 5.65. The quantitative estimate of drug-likeness (QED) is 0.763. The zero-order valence-electron chi connectivity index (χ0n) is 11.2. The number of methoxy groups -OCH3 is 1. The maximum absolute atomic E-state index is 6.17. The molecule has 2 atom stereocenters. The lowest BCUT2D eigenvalue weighted by Gasteiger charge is -2.47. The molecule has 1 aromatic carbocycles. The number of rotatable bonds is 1. The summed E-state index contributed by atoms with van der Waals surface area (Å²) in [6.07, 6.45) is 2.46. The molecule has 3 nitrogen and oxygen atoms in total. The molecule has 0 N–H and O–H groups in total. The van der Waals surface area contributed by atoms with E-state index in [1.165, 1.54) is 12.0 Å². The Labute approximate surface area is 108 Å². The van der Waals surface area contributed by atoms with Crippen molar-refractivity contribution in [3.8, 4) is 11.5 Å². The van der Waals surface area contributed by atoms with E-state index in [0.29, 0.717) is 5.92 Å². The molecule has 0 bridgehead atoms. The third kappa shape index (κ3) is 1.77. The van der Waals surface area contributed by atoms with Crippen LogP contribution in [0, 0.1) is 5.92 Å². The monoisotopic (exact) mass is 248 g/mol. The van der Waals surface area contributed by atoms with Gasteiger partial charge in [0.15, 0.2) is 0 Å². The molecular formula is C15H20O3. The van der Waals surface area contributed by atoms with Crippen molar-refractivity contribution in [1.29, 1.82) is 0 Å². The summed E-state index contributed by atoms with van der Waals surface area (Å²) in [7, 11) is 1.68. The van der Waals surface area contributed by atoms with Gasteiger partial charge in [-0.15, -0.1) is 0 Å². The Hall–Kier alpha value is -1.22. The third-order valence-electron chi connectivity index (χ3n) is 4.12. The molecule has 1 aromatic rings. The van der Waals surface area contributed by atoms with E-state index in [2.05, 4.69) is 19.9 Å². The van der Waals surface area contributed by atoms with Crippen LogP contribution in [0.3, 0.4) is 0 Å². The molecule has 2 aliphatic rings. The standard InChI is InChI=1S/C15H20O3/c1-15(2)12-5-4-8-17-14(12)11-7-6-10(16-3)9-13(11)18-15/h6-7,9,12,14H,4-5,8H2,1-3H3/t12-,14+/m0/s1. The summed E-state index contributed by atoms with van der Waals surface area (Å²) in [5, 5.41) is 0. The van der Waals surface area contributed by atoms with Crippen molar-refractivity contribution in [2.75, 3.05) is 13.7 Å². The molecule has 0 aromatic heterocycles. The number of benzene rings is 1. The predicted octanol–water partition coefficient (Wildman–Crippen LogP) is 3.33. The molecule has 3 heteroatoms. The average Bonchev–Trinajstić information content (AvgIpc) is 2.38. The predicted molar refractivity (Wildman–Crippen MR) is 69.1 cm³/mol. The molecule has 18 heavy (non-hydrogen) atoms. The van der Waals surface area contributed by atoms with Gasteiger partial charge < -0.3 is 14.2 Å². The van der Waals surface area contributed by atoms with Gasteiger partial charge in [0.2, 0.25) is 0 Å². The topological polar surface area (TPSA) is 27.7 Å². The van der Waals surface area contributed by atoms with Gasteiger partial charge in [-0.1, -0.05) is 0 Å². The van der Waals surface area contributed by atoms with Crippen LogP contribution < -0.4 is 9.47 Å². The number of hydrogen-bond donors (Lipinski definition) is 0. The van der Waals surface area contributed by atoms with Gasteiger partial charge in [-0.25, -0.2) is 0 Å². The Morgan fingerprint density at radius 3 is 2.94 bits per heavy atom. The molecule has 0 saturated carbocycles. The summed E-state index contributed by atoms with van der Waals surface area (Å²) < 4.78 is 17.4. The first-order valence-corrected chi connectivity index (χ1v) is 6.60. The van der Waals surface area contributed by atoms with Crippen LogP contribution in [0.4, 0.5) is 0 Å². The van der Waals surface area contributed by atoms with E-state index in [-0.39, 0.29) is 11.7 Å². The third-order valence-corrected chi connectivity index (χ3v) is 4.12. The summed E-state index contributed by atoms with van der Waals surface area (Å²) >= 11 is 0. The van der Waals surface area contributed by atoms with Crippen LogP contribution in [0.1, 0.15) is 38.4 Å². The molecule has 1 fully saturated rings. The fourth-order valence-corrected chi connectivity index (χ4v) is 3.12. The van der Waals surface area contributed by atoms with Crippen LogP contribution in [-0.4, -0.2) is 19.3 Å². The first-order valence-electron chi connectivity index (χ1n) is 6.60. The molecule has 0 radical (unpaired) electrons. The second-order valence-corrected chi connectivity index (χ2v) is 5.65. The molecule has 2 heterocycles. The average molecular weight is 248 g/mol. The Bertz CT molecular complexity index is 453. The van der Waals surface area contributed by atoms with Crippen LogP contribution in [0.5, 0.6) is 11.5 Å².